The average molecular weight is 454 g/mol. The zero-order valence-electron chi connectivity index (χ0n) is 16.7. The highest BCUT2D eigenvalue weighted by Crippen LogP contribution is 2.31. The summed E-state index contributed by atoms with van der Waals surface area (Å²) < 4.78 is 15.4. The minimum atomic E-state index is -0.280. The van der Waals surface area contributed by atoms with Crippen LogP contribution >= 0.6 is 24.8 Å². The Labute approximate surface area is 186 Å². The molecule has 0 amide bonds. The van der Waals surface area contributed by atoms with Crippen molar-refractivity contribution in [1.29, 1.82) is 0 Å². The van der Waals surface area contributed by atoms with Gasteiger partial charge in [-0.3, -0.25) is 9.69 Å². The second-order valence-electron chi connectivity index (χ2n) is 8.17. The van der Waals surface area contributed by atoms with Crippen molar-refractivity contribution >= 4 is 35.8 Å². The molecule has 4 heterocycles. The van der Waals surface area contributed by atoms with Crippen LogP contribution in [0.25, 0.3) is 11.0 Å². The Morgan fingerprint density at radius 3 is 2.87 bits per heavy atom. The summed E-state index contributed by atoms with van der Waals surface area (Å²) in [5.41, 5.74) is 3.55. The quantitative estimate of drug-likeness (QED) is 0.636. The minimum absolute atomic E-state index is 0. The Morgan fingerprint density at radius 1 is 1.20 bits per heavy atom. The van der Waals surface area contributed by atoms with E-state index in [1.165, 1.54) is 24.2 Å². The number of hydrogen-bond donors (Lipinski definition) is 2. The zero-order valence-corrected chi connectivity index (χ0v) is 18.4. The molecule has 1 fully saturated rings. The Morgan fingerprint density at radius 2 is 2.03 bits per heavy atom. The normalized spacial score (nSPS) is 19.8. The maximum atomic E-state index is 13.4. The monoisotopic (exact) mass is 453 g/mol. The molecule has 1 aromatic carbocycles. The molecule has 2 atom stereocenters. The summed E-state index contributed by atoms with van der Waals surface area (Å²) in [6, 6.07) is 8.64. The standard InChI is InChI=1S/C21H24FN5O.2ClH/c1-26(12-20-24-17-4-3-16(22)7-18(17)25-20)11-14-2-5-19-15-6-13(8-23-9-15)10-27(19)21(14)28;;/h2-5,7,13,15,23H,6,8-12H2,1H3,(H,24,25);2*1H/t13-,15+;;/m0../s1. The highest BCUT2D eigenvalue weighted by molar-refractivity contribution is 5.85. The fourth-order valence-corrected chi connectivity index (χ4v) is 4.67. The van der Waals surface area contributed by atoms with Crippen LogP contribution < -0.4 is 10.9 Å². The molecule has 2 aliphatic rings. The molecular weight excluding hydrogens is 428 g/mol. The lowest BCUT2D eigenvalue weighted by atomic mass is 9.84. The molecule has 6 nitrogen and oxygen atoms in total. The van der Waals surface area contributed by atoms with Gasteiger partial charge in [-0.2, -0.15) is 0 Å². The van der Waals surface area contributed by atoms with E-state index < -0.39 is 0 Å². The predicted octanol–water partition coefficient (Wildman–Crippen LogP) is 3.05. The molecule has 2 bridgehead atoms. The number of benzene rings is 1. The Bertz CT molecular complexity index is 1100. The maximum absolute atomic E-state index is 13.4. The third-order valence-electron chi connectivity index (χ3n) is 5.94. The highest BCUT2D eigenvalue weighted by atomic mass is 35.5. The van der Waals surface area contributed by atoms with Crippen molar-refractivity contribution in [2.75, 3.05) is 20.1 Å². The van der Waals surface area contributed by atoms with E-state index >= 15 is 0 Å². The van der Waals surface area contributed by atoms with Crippen molar-refractivity contribution in [1.82, 2.24) is 24.8 Å². The number of pyridine rings is 1. The van der Waals surface area contributed by atoms with Crippen LogP contribution in [-0.2, 0) is 19.6 Å². The van der Waals surface area contributed by atoms with E-state index in [9.17, 15) is 9.18 Å². The van der Waals surface area contributed by atoms with Crippen LogP contribution in [0.3, 0.4) is 0 Å². The molecule has 30 heavy (non-hydrogen) atoms. The lowest BCUT2D eigenvalue weighted by Crippen LogP contribution is -2.45. The number of piperidine rings is 1. The van der Waals surface area contributed by atoms with E-state index in [0.717, 1.165) is 36.5 Å². The summed E-state index contributed by atoms with van der Waals surface area (Å²) >= 11 is 0. The van der Waals surface area contributed by atoms with Crippen LogP contribution in [0.4, 0.5) is 4.39 Å². The number of fused-ring (bicyclic) bond motifs is 5. The van der Waals surface area contributed by atoms with Gasteiger partial charge in [-0.05, 0) is 50.2 Å². The molecule has 9 heteroatoms. The fourth-order valence-electron chi connectivity index (χ4n) is 4.67. The van der Waals surface area contributed by atoms with Crippen LogP contribution in [0.2, 0.25) is 0 Å². The molecule has 0 aliphatic carbocycles. The molecule has 3 aromatic rings. The van der Waals surface area contributed by atoms with E-state index in [1.807, 2.05) is 17.7 Å². The maximum Gasteiger partial charge on any atom is 0.255 e. The summed E-state index contributed by atoms with van der Waals surface area (Å²) in [5, 5.41) is 3.48. The van der Waals surface area contributed by atoms with Crippen molar-refractivity contribution in [2.24, 2.45) is 5.92 Å². The van der Waals surface area contributed by atoms with E-state index in [0.29, 0.717) is 30.4 Å². The lowest BCUT2D eigenvalue weighted by molar-refractivity contribution is 0.254. The van der Waals surface area contributed by atoms with Crippen LogP contribution in [0, 0.1) is 11.7 Å². The fraction of sp³-hybridized carbons (Fsp3) is 0.429. The van der Waals surface area contributed by atoms with Crippen LogP contribution in [0.1, 0.15) is 29.4 Å². The van der Waals surface area contributed by atoms with Gasteiger partial charge in [-0.25, -0.2) is 9.37 Å². The first-order valence-corrected chi connectivity index (χ1v) is 9.83. The summed E-state index contributed by atoms with van der Waals surface area (Å²) in [5.74, 6) is 1.48. The van der Waals surface area contributed by atoms with Gasteiger partial charge in [0, 0.05) is 36.8 Å². The molecule has 2 aromatic heterocycles. The van der Waals surface area contributed by atoms with Gasteiger partial charge in [0.25, 0.3) is 5.56 Å². The third-order valence-corrected chi connectivity index (χ3v) is 5.94. The largest absolute Gasteiger partial charge is 0.341 e. The Balaban J connectivity index is 0.00000128. The summed E-state index contributed by atoms with van der Waals surface area (Å²) in [6.07, 6.45) is 1.18. The van der Waals surface area contributed by atoms with Gasteiger partial charge in [0.1, 0.15) is 11.6 Å². The SMILES string of the molecule is CN(Cc1nc2ccc(F)cc2[nH]1)Cc1ccc2n(c1=O)C[C@@H]1CNC[C@H]2C1.Cl.Cl. The highest BCUT2D eigenvalue weighted by Gasteiger charge is 2.31. The molecule has 1 saturated heterocycles. The van der Waals surface area contributed by atoms with Crippen LogP contribution in [-0.4, -0.2) is 39.6 Å². The van der Waals surface area contributed by atoms with E-state index in [1.54, 1.807) is 6.07 Å². The van der Waals surface area contributed by atoms with Gasteiger partial charge in [-0.15, -0.1) is 24.8 Å². The number of imidazole rings is 1. The number of nitrogens with one attached hydrogen (secondary N) is 2. The Hall–Kier alpha value is -1.93. The molecule has 5 rings (SSSR count). The van der Waals surface area contributed by atoms with Crippen molar-refractivity contribution in [2.45, 2.75) is 32.0 Å². The molecule has 2 N–H and O–H groups in total. The first-order valence-electron chi connectivity index (χ1n) is 9.83. The van der Waals surface area contributed by atoms with E-state index in [2.05, 4.69) is 26.3 Å². The van der Waals surface area contributed by atoms with Gasteiger partial charge < -0.3 is 14.9 Å². The first kappa shape index (κ1) is 22.7. The summed E-state index contributed by atoms with van der Waals surface area (Å²) in [4.78, 5) is 22.8. The second-order valence-corrected chi connectivity index (χ2v) is 8.17. The minimum Gasteiger partial charge on any atom is -0.341 e. The molecule has 0 saturated carbocycles. The molecule has 0 spiro atoms. The van der Waals surface area contributed by atoms with Crippen LogP contribution in [0.5, 0.6) is 0 Å². The average Bonchev–Trinajstić information content (AvgIpc) is 3.06. The van der Waals surface area contributed by atoms with Gasteiger partial charge >= 0.3 is 0 Å². The van der Waals surface area contributed by atoms with Crippen molar-refractivity contribution < 1.29 is 4.39 Å². The molecule has 0 radical (unpaired) electrons. The van der Waals surface area contributed by atoms with Crippen LogP contribution in [0.15, 0.2) is 35.1 Å². The van der Waals surface area contributed by atoms with Gasteiger partial charge in [0.15, 0.2) is 0 Å². The Kier molecular flexibility index (Phi) is 6.87. The molecule has 162 valence electrons. The molecular formula is C21H26Cl2FN5O. The van der Waals surface area contributed by atoms with E-state index in [-0.39, 0.29) is 36.2 Å². The van der Waals surface area contributed by atoms with Gasteiger partial charge in [0.05, 0.1) is 17.6 Å². The smallest absolute Gasteiger partial charge is 0.255 e. The predicted molar refractivity (Wildman–Crippen MR) is 120 cm³/mol. The number of H-pyrrole nitrogens is 1. The summed E-state index contributed by atoms with van der Waals surface area (Å²) in [7, 11) is 1.97. The number of halogens is 3. The molecule has 2 aliphatic heterocycles. The first-order chi connectivity index (χ1) is 13.6. The van der Waals surface area contributed by atoms with Crippen molar-refractivity contribution in [3.8, 4) is 0 Å². The number of aromatic amines is 1. The van der Waals surface area contributed by atoms with E-state index in [4.69, 9.17) is 0 Å². The van der Waals surface area contributed by atoms with Gasteiger partial charge in [0.2, 0.25) is 0 Å². The van der Waals surface area contributed by atoms with Gasteiger partial charge in [-0.1, -0.05) is 6.07 Å². The summed E-state index contributed by atoms with van der Waals surface area (Å²) in [6.45, 7) is 3.89. The topological polar surface area (TPSA) is 66.0 Å². The third kappa shape index (κ3) is 4.25. The lowest BCUT2D eigenvalue weighted by Gasteiger charge is -2.37. The number of aromatic nitrogens is 3. The number of hydrogen-bond acceptors (Lipinski definition) is 4. The van der Waals surface area contributed by atoms with Crippen molar-refractivity contribution in [3.05, 3.63) is 63.6 Å². The van der Waals surface area contributed by atoms with Crippen molar-refractivity contribution in [3.63, 3.8) is 0 Å². The zero-order chi connectivity index (χ0) is 19.3. The molecule has 0 unspecified atom stereocenters. The number of rotatable bonds is 4. The second kappa shape index (κ2) is 9.06. The number of nitrogens with zero attached hydrogens (tertiary/aromatic N) is 3.